The molecule has 0 aromatic carbocycles. The van der Waals surface area contributed by atoms with Crippen molar-refractivity contribution in [3.63, 3.8) is 0 Å². The summed E-state index contributed by atoms with van der Waals surface area (Å²) >= 11 is 1.57. The van der Waals surface area contributed by atoms with Crippen LogP contribution in [0.1, 0.15) is 50.2 Å². The molecule has 0 bridgehead atoms. The minimum atomic E-state index is -0.457. The van der Waals surface area contributed by atoms with Crippen molar-refractivity contribution in [2.75, 3.05) is 13.1 Å². The molecule has 0 unspecified atom stereocenters. The maximum atomic E-state index is 12.0. The molecule has 0 atom stereocenters. The van der Waals surface area contributed by atoms with Crippen molar-refractivity contribution in [3.8, 4) is 0 Å². The summed E-state index contributed by atoms with van der Waals surface area (Å²) in [5, 5.41) is 14.4. The topological polar surface area (TPSA) is 75.0 Å². The number of nitrogens with zero attached hydrogens (tertiary/aromatic N) is 3. The van der Waals surface area contributed by atoms with Crippen molar-refractivity contribution < 1.29 is 14.7 Å². The number of piperidine rings is 1. The number of amides is 1. The molecule has 1 N–H and O–H groups in total. The molecule has 1 aliphatic heterocycles. The lowest BCUT2D eigenvalue weighted by Crippen LogP contribution is -2.41. The summed E-state index contributed by atoms with van der Waals surface area (Å²) < 4.78 is 5.38. The normalized spacial score (nSPS) is 17.4. The molecule has 1 aromatic rings. The van der Waals surface area contributed by atoms with Crippen LogP contribution in [-0.4, -0.2) is 46.1 Å². The van der Waals surface area contributed by atoms with Gasteiger partial charge < -0.3 is 14.8 Å². The second-order valence-electron chi connectivity index (χ2n) is 6.10. The number of carbonyl (C=O) groups excluding carboxylic acids is 1. The Bertz CT molecular complexity index is 514. The highest BCUT2D eigenvalue weighted by Gasteiger charge is 2.28. The first-order valence-corrected chi connectivity index (χ1v) is 7.88. The van der Waals surface area contributed by atoms with Crippen LogP contribution in [-0.2, 0) is 4.74 Å². The van der Waals surface area contributed by atoms with E-state index >= 15 is 0 Å². The van der Waals surface area contributed by atoms with Gasteiger partial charge in [-0.25, -0.2) is 9.78 Å². The second kappa shape index (κ2) is 6.43. The summed E-state index contributed by atoms with van der Waals surface area (Å²) in [4.78, 5) is 18.2. The predicted molar refractivity (Wildman–Crippen MR) is 81.3 cm³/mol. The summed E-state index contributed by atoms with van der Waals surface area (Å²) in [7, 11) is 0. The van der Waals surface area contributed by atoms with Crippen LogP contribution in [0.15, 0.2) is 10.5 Å². The van der Waals surface area contributed by atoms with Gasteiger partial charge in [-0.15, -0.1) is 11.3 Å². The van der Waals surface area contributed by atoms with E-state index in [1.807, 2.05) is 26.2 Å². The molecule has 0 aliphatic carbocycles. The average molecular weight is 311 g/mol. The number of likely N-dealkylation sites (tertiary alicyclic amines) is 1. The maximum absolute atomic E-state index is 12.0. The summed E-state index contributed by atoms with van der Waals surface area (Å²) in [5.41, 5.74) is 0.217. The Kier molecular flexibility index (Phi) is 4.82. The molecule has 1 amide bonds. The van der Waals surface area contributed by atoms with Gasteiger partial charge >= 0.3 is 6.09 Å². The zero-order valence-electron chi connectivity index (χ0n) is 12.6. The number of ether oxygens (including phenoxy) is 1. The van der Waals surface area contributed by atoms with Crippen LogP contribution in [0.2, 0.25) is 0 Å². The molecule has 0 spiro atoms. The molecule has 0 saturated carbocycles. The Morgan fingerprint density at radius 3 is 2.76 bits per heavy atom. The van der Waals surface area contributed by atoms with Crippen LogP contribution in [0.4, 0.5) is 4.79 Å². The van der Waals surface area contributed by atoms with Crippen molar-refractivity contribution in [3.05, 3.63) is 16.1 Å². The third-order valence-corrected chi connectivity index (χ3v) is 4.25. The first-order chi connectivity index (χ1) is 9.89. The summed E-state index contributed by atoms with van der Waals surface area (Å²) in [6.45, 7) is 6.98. The Hall–Kier alpha value is -1.63. The van der Waals surface area contributed by atoms with Crippen LogP contribution >= 0.6 is 11.3 Å². The van der Waals surface area contributed by atoms with Crippen LogP contribution in [0, 0.1) is 0 Å². The van der Waals surface area contributed by atoms with E-state index < -0.39 is 5.60 Å². The molecule has 7 heteroatoms. The van der Waals surface area contributed by atoms with Gasteiger partial charge in [-0.05, 0) is 33.6 Å². The van der Waals surface area contributed by atoms with Crippen LogP contribution in [0.25, 0.3) is 0 Å². The predicted octanol–water partition coefficient (Wildman–Crippen LogP) is 3.07. The minimum Gasteiger partial charge on any atom is -0.444 e. The van der Waals surface area contributed by atoms with Crippen molar-refractivity contribution in [1.29, 1.82) is 0 Å². The third-order valence-electron chi connectivity index (χ3n) is 3.23. The molecule has 0 radical (unpaired) electrons. The number of thiazole rings is 1. The standard InChI is InChI=1S/C14H21N3O3S/c1-14(2,3)20-13(18)17-6-4-10(5-7-17)12-16-11(8-15-19)9-21-12/h8-10,19H,4-7H2,1-3H3/b15-8+. The van der Waals surface area contributed by atoms with Crippen molar-refractivity contribution in [1.82, 2.24) is 9.88 Å². The largest absolute Gasteiger partial charge is 0.444 e. The van der Waals surface area contributed by atoms with Gasteiger partial charge in [0.15, 0.2) is 0 Å². The zero-order chi connectivity index (χ0) is 15.5. The number of carbonyl (C=O) groups is 1. The average Bonchev–Trinajstić information content (AvgIpc) is 2.86. The van der Waals surface area contributed by atoms with Crippen molar-refractivity contribution in [2.45, 2.75) is 45.1 Å². The monoisotopic (exact) mass is 311 g/mol. The van der Waals surface area contributed by atoms with E-state index in [2.05, 4.69) is 10.1 Å². The van der Waals surface area contributed by atoms with Gasteiger partial charge in [-0.1, -0.05) is 5.16 Å². The van der Waals surface area contributed by atoms with E-state index in [-0.39, 0.29) is 6.09 Å². The van der Waals surface area contributed by atoms with Gasteiger partial charge in [0.25, 0.3) is 0 Å². The Balaban J connectivity index is 1.89. The highest BCUT2D eigenvalue weighted by Crippen LogP contribution is 2.30. The summed E-state index contributed by atoms with van der Waals surface area (Å²) in [6.07, 6.45) is 2.84. The lowest BCUT2D eigenvalue weighted by molar-refractivity contribution is 0.0205. The lowest BCUT2D eigenvalue weighted by atomic mass is 9.98. The number of hydrogen-bond acceptors (Lipinski definition) is 6. The Labute approximate surface area is 128 Å². The molecule has 2 rings (SSSR count). The molecule has 1 aliphatic rings. The highest BCUT2D eigenvalue weighted by molar-refractivity contribution is 7.09. The second-order valence-corrected chi connectivity index (χ2v) is 6.99. The first-order valence-electron chi connectivity index (χ1n) is 7.00. The number of oxime groups is 1. The molecule has 1 aromatic heterocycles. The SMILES string of the molecule is CC(C)(C)OC(=O)N1CCC(c2nc(/C=N/O)cs2)CC1. The molecule has 21 heavy (non-hydrogen) atoms. The maximum Gasteiger partial charge on any atom is 0.410 e. The van der Waals surface area contributed by atoms with Gasteiger partial charge in [-0.2, -0.15) is 0 Å². The summed E-state index contributed by atoms with van der Waals surface area (Å²) in [5.74, 6) is 0.356. The lowest BCUT2D eigenvalue weighted by Gasteiger charge is -2.32. The van der Waals surface area contributed by atoms with E-state index in [0.717, 1.165) is 17.8 Å². The van der Waals surface area contributed by atoms with Crippen LogP contribution in [0.3, 0.4) is 0 Å². The highest BCUT2D eigenvalue weighted by atomic mass is 32.1. The molecule has 1 fully saturated rings. The van der Waals surface area contributed by atoms with Gasteiger partial charge in [-0.3, -0.25) is 0 Å². The van der Waals surface area contributed by atoms with E-state index in [1.165, 1.54) is 6.21 Å². The van der Waals surface area contributed by atoms with E-state index in [4.69, 9.17) is 9.94 Å². The molecular weight excluding hydrogens is 290 g/mol. The number of rotatable bonds is 2. The van der Waals surface area contributed by atoms with Gasteiger partial charge in [0.2, 0.25) is 0 Å². The van der Waals surface area contributed by atoms with Crippen molar-refractivity contribution in [2.24, 2.45) is 5.16 Å². The summed E-state index contributed by atoms with van der Waals surface area (Å²) in [6, 6.07) is 0. The Morgan fingerprint density at radius 2 is 2.19 bits per heavy atom. The van der Waals surface area contributed by atoms with Gasteiger partial charge in [0.1, 0.15) is 5.60 Å². The quantitative estimate of drug-likeness (QED) is 0.517. The molecule has 2 heterocycles. The smallest absolute Gasteiger partial charge is 0.410 e. The van der Waals surface area contributed by atoms with E-state index in [9.17, 15) is 4.79 Å². The van der Waals surface area contributed by atoms with E-state index in [1.54, 1.807) is 16.2 Å². The van der Waals surface area contributed by atoms with Crippen LogP contribution < -0.4 is 0 Å². The number of hydrogen-bond donors (Lipinski definition) is 1. The third kappa shape index (κ3) is 4.42. The van der Waals surface area contributed by atoms with Crippen molar-refractivity contribution >= 4 is 23.6 Å². The zero-order valence-corrected chi connectivity index (χ0v) is 13.4. The van der Waals surface area contributed by atoms with Gasteiger partial charge in [0, 0.05) is 24.4 Å². The van der Waals surface area contributed by atoms with Crippen LogP contribution in [0.5, 0.6) is 0 Å². The fourth-order valence-corrected chi connectivity index (χ4v) is 3.18. The number of aromatic nitrogens is 1. The molecule has 1 saturated heterocycles. The fraction of sp³-hybridized carbons (Fsp3) is 0.643. The molecule has 116 valence electrons. The fourth-order valence-electron chi connectivity index (χ4n) is 2.24. The van der Waals surface area contributed by atoms with Gasteiger partial charge in [0.05, 0.1) is 16.9 Å². The first kappa shape index (κ1) is 15.8. The molecular formula is C14H21N3O3S. The molecule has 6 nitrogen and oxygen atoms in total. The Morgan fingerprint density at radius 1 is 1.52 bits per heavy atom. The minimum absolute atomic E-state index is 0.242. The van der Waals surface area contributed by atoms with E-state index in [0.29, 0.717) is 24.7 Å².